The van der Waals surface area contributed by atoms with Crippen LogP contribution in [0.3, 0.4) is 0 Å². The summed E-state index contributed by atoms with van der Waals surface area (Å²) in [5.41, 5.74) is 3.90. The van der Waals surface area contributed by atoms with Crippen molar-refractivity contribution in [1.82, 2.24) is 0 Å². The zero-order valence-electron chi connectivity index (χ0n) is 13.0. The number of benzene rings is 1. The third-order valence-electron chi connectivity index (χ3n) is 3.23. The van der Waals surface area contributed by atoms with E-state index in [1.807, 2.05) is 0 Å². The Morgan fingerprint density at radius 1 is 0.684 bits per heavy atom. The minimum Gasteiger partial charge on any atom is -0.101 e. The maximum atomic E-state index is 6.20. The molecular weight excluding hydrogens is 223 g/mol. The van der Waals surface area contributed by atoms with Crippen LogP contribution in [0.1, 0.15) is 52.7 Å². The molecule has 0 heterocycles. The van der Waals surface area contributed by atoms with E-state index in [4.69, 9.17) is 31.4 Å². The maximum absolute atomic E-state index is 6.20. The molecule has 0 N–H and O–H groups in total. The summed E-state index contributed by atoms with van der Waals surface area (Å²) in [5.74, 6) is 0. The lowest BCUT2D eigenvalue weighted by Gasteiger charge is -2.32. The molecule has 1 aromatic rings. The molecule has 8 radical (unpaired) electrons. The topological polar surface area (TPSA) is 0 Å². The van der Waals surface area contributed by atoms with Crippen molar-refractivity contribution >= 4 is 53.2 Å². The van der Waals surface area contributed by atoms with Crippen molar-refractivity contribution in [3.05, 3.63) is 11.1 Å². The fraction of sp³-hybridized carbons (Fsp3) is 0.600. The highest BCUT2D eigenvalue weighted by molar-refractivity contribution is 6.58. The van der Waals surface area contributed by atoms with Gasteiger partial charge in [-0.2, -0.15) is 0 Å². The van der Waals surface area contributed by atoms with E-state index in [2.05, 4.69) is 41.5 Å². The molecule has 0 atom stereocenters. The monoisotopic (exact) mass is 244 g/mol. The number of hydrogen-bond acceptors (Lipinski definition) is 0. The van der Waals surface area contributed by atoms with Gasteiger partial charge in [-0.05, 0) is 17.3 Å². The fourth-order valence-electron chi connectivity index (χ4n) is 2.41. The summed E-state index contributed by atoms with van der Waals surface area (Å²) in [6.07, 6.45) is 0.753. The first-order chi connectivity index (χ1) is 8.36. The largest absolute Gasteiger partial charge is 0.113 e. The van der Waals surface area contributed by atoms with E-state index in [1.54, 1.807) is 0 Å². The summed E-state index contributed by atoms with van der Waals surface area (Å²) < 4.78 is 0. The molecule has 92 valence electrons. The van der Waals surface area contributed by atoms with Gasteiger partial charge < -0.3 is 0 Å². The molecule has 0 fully saturated rings. The number of hydrogen-bond donors (Lipinski definition) is 0. The van der Waals surface area contributed by atoms with E-state index >= 15 is 0 Å². The maximum Gasteiger partial charge on any atom is 0.113 e. The van der Waals surface area contributed by atoms with Gasteiger partial charge in [-0.15, -0.1) is 21.9 Å². The van der Waals surface area contributed by atoms with Crippen molar-refractivity contribution in [3.8, 4) is 0 Å². The molecule has 0 unspecified atom stereocenters. The molecule has 0 aromatic heterocycles. The van der Waals surface area contributed by atoms with E-state index in [0.29, 0.717) is 21.9 Å². The van der Waals surface area contributed by atoms with Gasteiger partial charge in [0.1, 0.15) is 31.4 Å². The van der Waals surface area contributed by atoms with Crippen LogP contribution in [-0.4, -0.2) is 31.4 Å². The van der Waals surface area contributed by atoms with E-state index < -0.39 is 0 Å². The average Bonchev–Trinajstić information content (AvgIpc) is 2.18. The van der Waals surface area contributed by atoms with Crippen LogP contribution in [0.5, 0.6) is 0 Å². The van der Waals surface area contributed by atoms with E-state index in [0.717, 1.165) is 17.5 Å². The van der Waals surface area contributed by atoms with Gasteiger partial charge in [0.25, 0.3) is 0 Å². The Morgan fingerprint density at radius 2 is 1.05 bits per heavy atom. The van der Waals surface area contributed by atoms with Crippen LogP contribution >= 0.6 is 0 Å². The fourth-order valence-corrected chi connectivity index (χ4v) is 2.41. The standard InChI is InChI=1S/C15H20B4/c1-14(2,3)7-8-10(16)12(18)9(15(4,5)6)13(19)11(8)17/h7H2,1-6H3. The molecule has 0 saturated carbocycles. The van der Waals surface area contributed by atoms with Crippen molar-refractivity contribution < 1.29 is 0 Å². The van der Waals surface area contributed by atoms with Gasteiger partial charge in [-0.3, -0.25) is 0 Å². The number of rotatable bonds is 1. The van der Waals surface area contributed by atoms with Crippen molar-refractivity contribution in [3.63, 3.8) is 0 Å². The molecule has 0 nitrogen and oxygen atoms in total. The van der Waals surface area contributed by atoms with Gasteiger partial charge in [-0.1, -0.05) is 52.7 Å². The SMILES string of the molecule is [B]c1c([B])c(C(C)(C)C)c([B])c([B])c1CC(C)(C)C. The van der Waals surface area contributed by atoms with Crippen LogP contribution in [0.4, 0.5) is 0 Å². The van der Waals surface area contributed by atoms with E-state index in [1.165, 1.54) is 0 Å². The molecule has 0 aliphatic heterocycles. The minimum atomic E-state index is -0.184. The smallest absolute Gasteiger partial charge is 0.101 e. The molecule has 0 aliphatic carbocycles. The zero-order valence-corrected chi connectivity index (χ0v) is 13.0. The summed E-state index contributed by atoms with van der Waals surface area (Å²) in [6.45, 7) is 12.6. The molecule has 0 spiro atoms. The molecule has 4 heteroatoms. The van der Waals surface area contributed by atoms with Crippen LogP contribution < -0.4 is 21.9 Å². The highest BCUT2D eigenvalue weighted by Crippen LogP contribution is 2.20. The second-order valence-corrected chi connectivity index (χ2v) is 7.50. The Hall–Kier alpha value is -0.520. The minimum absolute atomic E-state index is 0.0738. The van der Waals surface area contributed by atoms with Gasteiger partial charge in [0.2, 0.25) is 0 Å². The summed E-state index contributed by atoms with van der Waals surface area (Å²) >= 11 is 0. The molecule has 1 aromatic carbocycles. The van der Waals surface area contributed by atoms with Gasteiger partial charge >= 0.3 is 0 Å². The Kier molecular flexibility index (Phi) is 4.45. The lowest BCUT2D eigenvalue weighted by molar-refractivity contribution is 0.413. The summed E-state index contributed by atoms with van der Waals surface area (Å²) in [5, 5.41) is 0. The lowest BCUT2D eigenvalue weighted by atomic mass is 9.59. The van der Waals surface area contributed by atoms with Gasteiger partial charge in [0.15, 0.2) is 0 Å². The third kappa shape index (κ3) is 3.52. The first-order valence-corrected chi connectivity index (χ1v) is 6.61. The van der Waals surface area contributed by atoms with Gasteiger partial charge in [0.05, 0.1) is 0 Å². The average molecular weight is 244 g/mol. The van der Waals surface area contributed by atoms with Gasteiger partial charge in [0, 0.05) is 0 Å². The highest BCUT2D eigenvalue weighted by atomic mass is 14.3. The summed E-state index contributed by atoms with van der Waals surface area (Å²) in [7, 11) is 24.8. The van der Waals surface area contributed by atoms with Crippen molar-refractivity contribution in [2.75, 3.05) is 0 Å². The third-order valence-corrected chi connectivity index (χ3v) is 3.23. The molecule has 0 aliphatic rings. The molecule has 0 amide bonds. The van der Waals surface area contributed by atoms with Crippen LogP contribution in [0.25, 0.3) is 0 Å². The molecule has 1 rings (SSSR count). The van der Waals surface area contributed by atoms with Crippen molar-refractivity contribution in [2.45, 2.75) is 53.4 Å². The van der Waals surface area contributed by atoms with E-state index in [9.17, 15) is 0 Å². The molecular formula is C15H20B4. The highest BCUT2D eigenvalue weighted by Gasteiger charge is 2.23. The zero-order chi connectivity index (χ0) is 15.2. The molecule has 0 bridgehead atoms. The predicted octanol–water partition coefficient (Wildman–Crippen LogP) is -0.252. The van der Waals surface area contributed by atoms with Crippen LogP contribution in [-0.2, 0) is 11.8 Å². The first kappa shape index (κ1) is 16.5. The normalized spacial score (nSPS) is 12.7. The van der Waals surface area contributed by atoms with Gasteiger partial charge in [-0.25, -0.2) is 0 Å². The Balaban J connectivity index is 3.57. The van der Waals surface area contributed by atoms with Crippen LogP contribution in [0, 0.1) is 5.41 Å². The lowest BCUT2D eigenvalue weighted by Crippen LogP contribution is -2.51. The molecule has 0 saturated heterocycles. The van der Waals surface area contributed by atoms with E-state index in [-0.39, 0.29) is 10.8 Å². The molecule has 19 heavy (non-hydrogen) atoms. The summed E-state index contributed by atoms with van der Waals surface area (Å²) in [4.78, 5) is 0. The Labute approximate surface area is 123 Å². The predicted molar refractivity (Wildman–Crippen MR) is 89.9 cm³/mol. The quantitative estimate of drug-likeness (QED) is 0.597. The van der Waals surface area contributed by atoms with Crippen molar-refractivity contribution in [2.24, 2.45) is 5.41 Å². The Bertz CT molecular complexity index is 461. The van der Waals surface area contributed by atoms with Crippen molar-refractivity contribution in [1.29, 1.82) is 0 Å². The Morgan fingerprint density at radius 3 is 1.32 bits per heavy atom. The summed E-state index contributed by atoms with van der Waals surface area (Å²) in [6, 6.07) is 0. The van der Waals surface area contributed by atoms with Crippen LogP contribution in [0.2, 0.25) is 0 Å². The second kappa shape index (κ2) is 5.11. The second-order valence-electron chi connectivity index (χ2n) is 7.50. The first-order valence-electron chi connectivity index (χ1n) is 6.61. The van der Waals surface area contributed by atoms with Crippen LogP contribution in [0.15, 0.2) is 0 Å².